The number of carboxylic acid groups (broad SMARTS) is 1. The number of hydrogen-bond donors (Lipinski definition) is 2. The third kappa shape index (κ3) is 2.69. The van der Waals surface area contributed by atoms with Crippen molar-refractivity contribution in [2.75, 3.05) is 13.1 Å². The number of hydrogen-bond acceptors (Lipinski definition) is 2. The summed E-state index contributed by atoms with van der Waals surface area (Å²) in [6, 6.07) is 0.196. The molecule has 0 aromatic carbocycles. The fourth-order valence-electron chi connectivity index (χ4n) is 3.24. The van der Waals surface area contributed by atoms with Gasteiger partial charge in [-0.3, -0.25) is 4.79 Å². The molecular formula is C14H24N2O3. The summed E-state index contributed by atoms with van der Waals surface area (Å²) < 4.78 is 0. The zero-order valence-electron chi connectivity index (χ0n) is 11.8. The molecule has 0 aromatic heterocycles. The first-order chi connectivity index (χ1) is 8.95. The van der Waals surface area contributed by atoms with Crippen LogP contribution in [0.25, 0.3) is 0 Å². The molecule has 0 bridgehead atoms. The molecule has 1 aliphatic carbocycles. The van der Waals surface area contributed by atoms with Crippen LogP contribution >= 0.6 is 0 Å². The van der Waals surface area contributed by atoms with Crippen LogP contribution in [0.15, 0.2) is 0 Å². The van der Waals surface area contributed by atoms with E-state index in [1.54, 1.807) is 4.90 Å². The van der Waals surface area contributed by atoms with E-state index in [2.05, 4.69) is 5.32 Å². The quantitative estimate of drug-likeness (QED) is 0.823. The lowest BCUT2D eigenvalue weighted by Gasteiger charge is -2.29. The molecule has 2 N–H and O–H groups in total. The van der Waals surface area contributed by atoms with E-state index in [9.17, 15) is 14.7 Å². The zero-order chi connectivity index (χ0) is 14.0. The summed E-state index contributed by atoms with van der Waals surface area (Å²) in [4.78, 5) is 25.3. The second-order valence-corrected chi connectivity index (χ2v) is 6.22. The standard InChI is InChI=1S/C14H24N2O3/c1-10(2)14(12(17)18)7-8-16(9-14)13(19)15-11-5-3-4-6-11/h10-11H,3-9H2,1-2H3,(H,15,19)(H,17,18). The Balaban J connectivity index is 1.96. The van der Waals surface area contributed by atoms with Crippen molar-refractivity contribution in [1.29, 1.82) is 0 Å². The number of urea groups is 1. The van der Waals surface area contributed by atoms with Gasteiger partial charge in [-0.25, -0.2) is 4.79 Å². The predicted molar refractivity (Wildman–Crippen MR) is 71.9 cm³/mol. The minimum absolute atomic E-state index is 0.0364. The van der Waals surface area contributed by atoms with E-state index in [1.807, 2.05) is 13.8 Å². The van der Waals surface area contributed by atoms with E-state index in [4.69, 9.17) is 0 Å². The van der Waals surface area contributed by atoms with Crippen LogP contribution in [0.1, 0.15) is 46.0 Å². The van der Waals surface area contributed by atoms with E-state index in [0.29, 0.717) is 19.5 Å². The minimum Gasteiger partial charge on any atom is -0.481 e. The maximum absolute atomic E-state index is 12.2. The van der Waals surface area contributed by atoms with Crippen molar-refractivity contribution < 1.29 is 14.7 Å². The molecule has 2 aliphatic rings. The highest BCUT2D eigenvalue weighted by atomic mass is 16.4. The molecule has 1 saturated carbocycles. The summed E-state index contributed by atoms with van der Waals surface area (Å²) in [5.41, 5.74) is -0.771. The molecule has 1 saturated heterocycles. The molecule has 1 aliphatic heterocycles. The molecule has 0 spiro atoms. The Labute approximate surface area is 114 Å². The summed E-state index contributed by atoms with van der Waals surface area (Å²) in [6.07, 6.45) is 5.01. The van der Waals surface area contributed by atoms with Crippen molar-refractivity contribution in [3.8, 4) is 0 Å². The molecule has 0 radical (unpaired) electrons. The van der Waals surface area contributed by atoms with Crippen molar-refractivity contribution in [2.45, 2.75) is 52.0 Å². The zero-order valence-corrected chi connectivity index (χ0v) is 11.8. The summed E-state index contributed by atoms with van der Waals surface area (Å²) >= 11 is 0. The maximum Gasteiger partial charge on any atom is 0.317 e. The first kappa shape index (κ1) is 14.2. The molecule has 108 valence electrons. The average molecular weight is 268 g/mol. The number of carbonyl (C=O) groups is 2. The average Bonchev–Trinajstić information content (AvgIpc) is 2.97. The number of aliphatic carboxylic acids is 1. The lowest BCUT2D eigenvalue weighted by molar-refractivity contribution is -0.150. The van der Waals surface area contributed by atoms with Gasteiger partial charge in [0.2, 0.25) is 0 Å². The van der Waals surface area contributed by atoms with Crippen molar-refractivity contribution in [1.82, 2.24) is 10.2 Å². The van der Waals surface area contributed by atoms with Crippen LogP contribution in [0.5, 0.6) is 0 Å². The van der Waals surface area contributed by atoms with Crippen LogP contribution in [-0.2, 0) is 4.79 Å². The predicted octanol–water partition coefficient (Wildman–Crippen LogP) is 2.07. The Kier molecular flexibility index (Phi) is 4.02. The van der Waals surface area contributed by atoms with Gasteiger partial charge < -0.3 is 15.3 Å². The van der Waals surface area contributed by atoms with Gasteiger partial charge in [-0.2, -0.15) is 0 Å². The number of nitrogens with one attached hydrogen (secondary N) is 1. The van der Waals surface area contributed by atoms with Crippen molar-refractivity contribution in [3.05, 3.63) is 0 Å². The molecule has 1 atom stereocenters. The Morgan fingerprint density at radius 3 is 2.42 bits per heavy atom. The van der Waals surface area contributed by atoms with E-state index in [0.717, 1.165) is 12.8 Å². The van der Waals surface area contributed by atoms with Gasteiger partial charge in [0.05, 0.1) is 5.41 Å². The molecule has 5 heteroatoms. The molecule has 1 unspecified atom stereocenters. The molecule has 2 amide bonds. The minimum atomic E-state index is -0.779. The highest BCUT2D eigenvalue weighted by Gasteiger charge is 2.48. The first-order valence-electron chi connectivity index (χ1n) is 7.24. The fourth-order valence-corrected chi connectivity index (χ4v) is 3.24. The van der Waals surface area contributed by atoms with Crippen molar-refractivity contribution in [3.63, 3.8) is 0 Å². The SMILES string of the molecule is CC(C)C1(C(=O)O)CCN(C(=O)NC2CCCC2)C1. The number of carboxylic acids is 1. The number of carbonyl (C=O) groups excluding carboxylic acids is 1. The molecule has 2 fully saturated rings. The van der Waals surface area contributed by atoms with Gasteiger partial charge in [0, 0.05) is 19.1 Å². The maximum atomic E-state index is 12.2. The van der Waals surface area contributed by atoms with Crippen LogP contribution in [0, 0.1) is 11.3 Å². The fraction of sp³-hybridized carbons (Fsp3) is 0.857. The highest BCUT2D eigenvalue weighted by Crippen LogP contribution is 2.38. The van der Waals surface area contributed by atoms with Crippen LogP contribution in [0.4, 0.5) is 4.79 Å². The number of rotatable bonds is 3. The Morgan fingerprint density at radius 2 is 1.95 bits per heavy atom. The van der Waals surface area contributed by atoms with E-state index >= 15 is 0 Å². The highest BCUT2D eigenvalue weighted by molar-refractivity contribution is 5.80. The second kappa shape index (κ2) is 5.39. The van der Waals surface area contributed by atoms with E-state index in [1.165, 1.54) is 12.8 Å². The normalized spacial score (nSPS) is 28.1. The van der Waals surface area contributed by atoms with Gasteiger partial charge in [0.1, 0.15) is 0 Å². The van der Waals surface area contributed by atoms with Crippen LogP contribution in [0.2, 0.25) is 0 Å². The molecular weight excluding hydrogens is 244 g/mol. The third-order valence-electron chi connectivity index (χ3n) is 4.80. The van der Waals surface area contributed by atoms with Crippen molar-refractivity contribution in [2.24, 2.45) is 11.3 Å². The second-order valence-electron chi connectivity index (χ2n) is 6.22. The van der Waals surface area contributed by atoms with Gasteiger partial charge in [-0.1, -0.05) is 26.7 Å². The summed E-state index contributed by atoms with van der Waals surface area (Å²) in [5.74, 6) is -0.743. The number of nitrogens with zero attached hydrogens (tertiary/aromatic N) is 1. The van der Waals surface area contributed by atoms with Gasteiger partial charge in [0.15, 0.2) is 0 Å². The van der Waals surface area contributed by atoms with Crippen molar-refractivity contribution >= 4 is 12.0 Å². The Hall–Kier alpha value is -1.26. The van der Waals surface area contributed by atoms with E-state index < -0.39 is 11.4 Å². The van der Waals surface area contributed by atoms with Gasteiger partial charge >= 0.3 is 12.0 Å². The Bertz CT molecular complexity index is 364. The lowest BCUT2D eigenvalue weighted by Crippen LogP contribution is -2.46. The number of amides is 2. The van der Waals surface area contributed by atoms with Crippen LogP contribution < -0.4 is 5.32 Å². The van der Waals surface area contributed by atoms with Crippen LogP contribution in [0.3, 0.4) is 0 Å². The van der Waals surface area contributed by atoms with Gasteiger partial charge in [-0.05, 0) is 25.2 Å². The number of likely N-dealkylation sites (tertiary alicyclic amines) is 1. The van der Waals surface area contributed by atoms with Crippen LogP contribution in [-0.4, -0.2) is 41.1 Å². The largest absolute Gasteiger partial charge is 0.481 e. The molecule has 1 heterocycles. The van der Waals surface area contributed by atoms with E-state index in [-0.39, 0.29) is 18.0 Å². The molecule has 5 nitrogen and oxygen atoms in total. The summed E-state index contributed by atoms with van der Waals surface area (Å²) in [5, 5.41) is 12.5. The Morgan fingerprint density at radius 1 is 1.32 bits per heavy atom. The molecule has 2 rings (SSSR count). The topological polar surface area (TPSA) is 69.6 Å². The van der Waals surface area contributed by atoms with Gasteiger partial charge in [-0.15, -0.1) is 0 Å². The van der Waals surface area contributed by atoms with Gasteiger partial charge in [0.25, 0.3) is 0 Å². The lowest BCUT2D eigenvalue weighted by atomic mass is 9.76. The monoisotopic (exact) mass is 268 g/mol. The molecule has 19 heavy (non-hydrogen) atoms. The smallest absolute Gasteiger partial charge is 0.317 e. The first-order valence-corrected chi connectivity index (χ1v) is 7.24. The summed E-state index contributed by atoms with van der Waals surface area (Å²) in [7, 11) is 0. The third-order valence-corrected chi connectivity index (χ3v) is 4.80. The molecule has 0 aromatic rings. The summed E-state index contributed by atoms with van der Waals surface area (Å²) in [6.45, 7) is 4.72.